The van der Waals surface area contributed by atoms with Gasteiger partial charge < -0.3 is 9.47 Å². The molecular weight excluding hydrogens is 299 g/mol. The van der Waals surface area contributed by atoms with Crippen LogP contribution in [0.2, 0.25) is 5.02 Å². The molecule has 0 saturated carbocycles. The summed E-state index contributed by atoms with van der Waals surface area (Å²) in [7, 11) is 0. The molecule has 9 heteroatoms. The molecule has 0 radical (unpaired) electrons. The SMILES string of the molecule is O=COCc1ccc(OC(F)(F)C(F)(F)F)c(Cl)c1. The maximum atomic E-state index is 12.6. The topological polar surface area (TPSA) is 35.5 Å². The summed E-state index contributed by atoms with van der Waals surface area (Å²) in [5, 5.41) is -0.462. The van der Waals surface area contributed by atoms with Crippen molar-refractivity contribution in [3.05, 3.63) is 28.8 Å². The summed E-state index contributed by atoms with van der Waals surface area (Å²) in [4.78, 5) is 9.92. The van der Waals surface area contributed by atoms with Crippen LogP contribution in [0.5, 0.6) is 5.75 Å². The fraction of sp³-hybridized carbons (Fsp3) is 0.300. The molecule has 1 aromatic carbocycles. The van der Waals surface area contributed by atoms with Crippen molar-refractivity contribution in [3.8, 4) is 5.75 Å². The highest BCUT2D eigenvalue weighted by Crippen LogP contribution is 2.39. The molecule has 0 fully saturated rings. The van der Waals surface area contributed by atoms with Crippen molar-refractivity contribution in [2.24, 2.45) is 0 Å². The molecule has 1 aromatic rings. The number of carbonyl (C=O) groups is 1. The van der Waals surface area contributed by atoms with E-state index in [1.807, 2.05) is 0 Å². The summed E-state index contributed by atoms with van der Waals surface area (Å²) in [6, 6.07) is 3.01. The lowest BCUT2D eigenvalue weighted by Crippen LogP contribution is -2.41. The van der Waals surface area contributed by atoms with Crippen LogP contribution in [0.25, 0.3) is 0 Å². The van der Waals surface area contributed by atoms with Crippen LogP contribution >= 0.6 is 11.6 Å². The third kappa shape index (κ3) is 3.95. The number of halogens is 6. The van der Waals surface area contributed by atoms with Gasteiger partial charge in [-0.15, -0.1) is 0 Å². The van der Waals surface area contributed by atoms with Crippen LogP contribution in [0.15, 0.2) is 18.2 Å². The monoisotopic (exact) mass is 304 g/mol. The first-order valence-corrected chi connectivity index (χ1v) is 5.02. The van der Waals surface area contributed by atoms with Crippen LogP contribution in [0.3, 0.4) is 0 Å². The molecule has 0 bridgehead atoms. The summed E-state index contributed by atoms with van der Waals surface area (Å²) in [5.41, 5.74) is 0.305. The van der Waals surface area contributed by atoms with Gasteiger partial charge in [0.25, 0.3) is 6.47 Å². The molecule has 106 valence electrons. The lowest BCUT2D eigenvalue weighted by atomic mass is 10.2. The Hall–Kier alpha value is -1.57. The normalized spacial score (nSPS) is 12.1. The van der Waals surface area contributed by atoms with Crippen LogP contribution in [-0.4, -0.2) is 18.8 Å². The van der Waals surface area contributed by atoms with Gasteiger partial charge in [-0.25, -0.2) is 0 Å². The van der Waals surface area contributed by atoms with Crippen LogP contribution in [-0.2, 0) is 16.1 Å². The molecule has 0 saturated heterocycles. The lowest BCUT2D eigenvalue weighted by molar-refractivity contribution is -0.360. The molecule has 0 heterocycles. The van der Waals surface area contributed by atoms with Crippen LogP contribution in [0.1, 0.15) is 5.56 Å². The Balaban J connectivity index is 2.89. The van der Waals surface area contributed by atoms with Gasteiger partial charge in [-0.05, 0) is 17.7 Å². The predicted molar refractivity (Wildman–Crippen MR) is 53.9 cm³/mol. The first-order chi connectivity index (χ1) is 8.67. The van der Waals surface area contributed by atoms with Crippen LogP contribution in [0.4, 0.5) is 22.0 Å². The molecule has 0 amide bonds. The number of hydrogen-bond acceptors (Lipinski definition) is 3. The zero-order valence-corrected chi connectivity index (χ0v) is 9.76. The van der Waals surface area contributed by atoms with Crippen LogP contribution in [0, 0.1) is 0 Å². The Labute approximate surface area is 108 Å². The van der Waals surface area contributed by atoms with Gasteiger partial charge in [0.1, 0.15) is 12.4 Å². The largest absolute Gasteiger partial charge is 0.499 e. The number of carbonyl (C=O) groups excluding carboxylic acids is 1. The minimum atomic E-state index is -5.85. The number of ether oxygens (including phenoxy) is 2. The Bertz CT molecular complexity index is 461. The molecule has 0 unspecified atom stereocenters. The minimum absolute atomic E-state index is 0.149. The standard InChI is InChI=1S/C10H6ClF5O3/c11-7-3-6(4-18-5-17)1-2-8(7)19-10(15,16)9(12,13)14/h1-3,5H,4H2. The second-order valence-electron chi connectivity index (χ2n) is 3.29. The van der Waals surface area contributed by atoms with E-state index in [2.05, 4.69) is 9.47 Å². The fourth-order valence-electron chi connectivity index (χ4n) is 1.04. The predicted octanol–water partition coefficient (Wildman–Crippen LogP) is 3.55. The van der Waals surface area contributed by atoms with Gasteiger partial charge in [0, 0.05) is 0 Å². The number of hydrogen-bond donors (Lipinski definition) is 0. The molecule has 0 aliphatic carbocycles. The van der Waals surface area contributed by atoms with Crippen LogP contribution < -0.4 is 4.74 Å². The highest BCUT2D eigenvalue weighted by Gasteiger charge is 2.61. The molecule has 0 aromatic heterocycles. The molecule has 3 nitrogen and oxygen atoms in total. The summed E-state index contributed by atoms with van der Waals surface area (Å²) in [6.45, 7) is -0.0463. The van der Waals surface area contributed by atoms with E-state index in [1.54, 1.807) is 0 Å². The maximum absolute atomic E-state index is 12.6. The summed E-state index contributed by atoms with van der Waals surface area (Å²) < 4.78 is 68.9. The van der Waals surface area contributed by atoms with Gasteiger partial charge in [-0.1, -0.05) is 17.7 Å². The molecule has 1 rings (SSSR count). The van der Waals surface area contributed by atoms with Gasteiger partial charge in [0.2, 0.25) is 0 Å². The third-order valence-corrected chi connectivity index (χ3v) is 2.18. The Kier molecular flexibility index (Phi) is 4.56. The van der Waals surface area contributed by atoms with Gasteiger partial charge in [0.05, 0.1) is 5.02 Å². The summed E-state index contributed by atoms with van der Waals surface area (Å²) in [5.74, 6) is -0.834. The van der Waals surface area contributed by atoms with Crippen molar-refractivity contribution in [1.29, 1.82) is 0 Å². The maximum Gasteiger partial charge on any atom is 0.499 e. The Morgan fingerprint density at radius 3 is 2.32 bits per heavy atom. The molecule has 0 aliphatic heterocycles. The Morgan fingerprint density at radius 1 is 1.21 bits per heavy atom. The highest BCUT2D eigenvalue weighted by atomic mass is 35.5. The van der Waals surface area contributed by atoms with Gasteiger partial charge in [0.15, 0.2) is 0 Å². The quantitative estimate of drug-likeness (QED) is 0.616. The molecule has 19 heavy (non-hydrogen) atoms. The van der Waals surface area contributed by atoms with Gasteiger partial charge in [-0.3, -0.25) is 4.79 Å². The molecule has 0 N–H and O–H groups in total. The average Bonchev–Trinajstić information content (AvgIpc) is 2.28. The molecular formula is C10H6ClF5O3. The summed E-state index contributed by atoms with van der Waals surface area (Å²) in [6.07, 6.45) is -11.2. The first kappa shape index (κ1) is 15.5. The smallest absolute Gasteiger partial charge is 0.463 e. The van der Waals surface area contributed by atoms with E-state index in [9.17, 15) is 26.7 Å². The van der Waals surface area contributed by atoms with Crippen molar-refractivity contribution in [1.82, 2.24) is 0 Å². The van der Waals surface area contributed by atoms with Crippen molar-refractivity contribution in [3.63, 3.8) is 0 Å². The number of alkyl halides is 5. The molecule has 0 aliphatic rings. The van der Waals surface area contributed by atoms with Crippen molar-refractivity contribution in [2.45, 2.75) is 18.9 Å². The Morgan fingerprint density at radius 2 is 1.84 bits per heavy atom. The minimum Gasteiger partial charge on any atom is -0.463 e. The van der Waals surface area contributed by atoms with E-state index >= 15 is 0 Å². The van der Waals surface area contributed by atoms with E-state index in [0.717, 1.165) is 18.2 Å². The van der Waals surface area contributed by atoms with Crippen molar-refractivity contribution < 1.29 is 36.2 Å². The second kappa shape index (κ2) is 5.60. The fourth-order valence-corrected chi connectivity index (χ4v) is 1.28. The van der Waals surface area contributed by atoms with E-state index in [0.29, 0.717) is 5.56 Å². The van der Waals surface area contributed by atoms with Gasteiger partial charge >= 0.3 is 12.3 Å². The molecule has 0 atom stereocenters. The van der Waals surface area contributed by atoms with E-state index < -0.39 is 23.1 Å². The first-order valence-electron chi connectivity index (χ1n) is 4.64. The third-order valence-electron chi connectivity index (χ3n) is 1.88. The number of rotatable bonds is 5. The average molecular weight is 305 g/mol. The van der Waals surface area contributed by atoms with E-state index in [1.165, 1.54) is 0 Å². The highest BCUT2D eigenvalue weighted by molar-refractivity contribution is 6.32. The van der Waals surface area contributed by atoms with Gasteiger partial charge in [-0.2, -0.15) is 22.0 Å². The van der Waals surface area contributed by atoms with E-state index in [-0.39, 0.29) is 13.1 Å². The lowest BCUT2D eigenvalue weighted by Gasteiger charge is -2.20. The zero-order valence-electron chi connectivity index (χ0n) is 9.01. The summed E-state index contributed by atoms with van der Waals surface area (Å²) >= 11 is 5.49. The van der Waals surface area contributed by atoms with Crippen molar-refractivity contribution in [2.75, 3.05) is 0 Å². The van der Waals surface area contributed by atoms with Crippen molar-refractivity contribution >= 4 is 18.1 Å². The zero-order chi connectivity index (χ0) is 14.7. The molecule has 0 spiro atoms. The second-order valence-corrected chi connectivity index (χ2v) is 3.70. The van der Waals surface area contributed by atoms with E-state index in [4.69, 9.17) is 11.6 Å². The number of benzene rings is 1.